The molecule has 68 valence electrons. The van der Waals surface area contributed by atoms with Gasteiger partial charge in [-0.1, -0.05) is 0 Å². The third kappa shape index (κ3) is 1.42. The predicted molar refractivity (Wildman–Crippen MR) is 45.3 cm³/mol. The van der Waals surface area contributed by atoms with Crippen LogP contribution in [0.15, 0.2) is 36.3 Å². The van der Waals surface area contributed by atoms with Crippen molar-refractivity contribution in [3.63, 3.8) is 0 Å². The van der Waals surface area contributed by atoms with Crippen molar-refractivity contribution in [3.05, 3.63) is 36.3 Å². The van der Waals surface area contributed by atoms with Crippen molar-refractivity contribution in [2.24, 2.45) is 5.73 Å². The van der Waals surface area contributed by atoms with E-state index in [1.54, 1.807) is 18.2 Å². The number of ether oxygens (including phenoxy) is 2. The van der Waals surface area contributed by atoms with Gasteiger partial charge in [-0.3, -0.25) is 4.79 Å². The first kappa shape index (κ1) is 7.91. The standard InChI is InChI=1S/C9H9NO3/c10-9(11)6-1-2-7-8(5-6)13-4-3-12-7/h1-5,7-8H,(H2,10,11). The summed E-state index contributed by atoms with van der Waals surface area (Å²) in [6.45, 7) is 0. The van der Waals surface area contributed by atoms with Crippen LogP contribution in [0, 0.1) is 0 Å². The van der Waals surface area contributed by atoms with E-state index in [9.17, 15) is 4.79 Å². The highest BCUT2D eigenvalue weighted by molar-refractivity contribution is 5.95. The lowest BCUT2D eigenvalue weighted by atomic mass is 10.0. The number of rotatable bonds is 1. The zero-order valence-electron chi connectivity index (χ0n) is 6.84. The molecule has 0 fully saturated rings. The van der Waals surface area contributed by atoms with Gasteiger partial charge in [-0.2, -0.15) is 0 Å². The van der Waals surface area contributed by atoms with Crippen molar-refractivity contribution >= 4 is 5.91 Å². The second-order valence-corrected chi connectivity index (χ2v) is 2.82. The van der Waals surface area contributed by atoms with Gasteiger partial charge in [0.25, 0.3) is 0 Å². The summed E-state index contributed by atoms with van der Waals surface area (Å²) in [7, 11) is 0. The SMILES string of the molecule is NC(=O)C1=CC2OC=COC2C=C1. The Hall–Kier alpha value is -1.71. The molecule has 0 saturated heterocycles. The first-order valence-electron chi connectivity index (χ1n) is 3.93. The summed E-state index contributed by atoms with van der Waals surface area (Å²) < 4.78 is 10.4. The van der Waals surface area contributed by atoms with Gasteiger partial charge in [-0.25, -0.2) is 0 Å². The van der Waals surface area contributed by atoms with Crippen LogP contribution in [0.25, 0.3) is 0 Å². The highest BCUT2D eigenvalue weighted by atomic mass is 16.6. The Morgan fingerprint density at radius 3 is 2.69 bits per heavy atom. The molecule has 1 aliphatic carbocycles. The molecule has 2 N–H and O–H groups in total. The lowest BCUT2D eigenvalue weighted by Gasteiger charge is -2.27. The Labute approximate surface area is 75.3 Å². The molecule has 2 atom stereocenters. The van der Waals surface area contributed by atoms with Crippen LogP contribution in [0.2, 0.25) is 0 Å². The van der Waals surface area contributed by atoms with E-state index in [1.807, 2.05) is 0 Å². The molecule has 0 aromatic carbocycles. The van der Waals surface area contributed by atoms with E-state index < -0.39 is 5.91 Å². The number of carbonyl (C=O) groups is 1. The highest BCUT2D eigenvalue weighted by Gasteiger charge is 2.25. The Morgan fingerprint density at radius 2 is 2.00 bits per heavy atom. The average molecular weight is 179 g/mol. The van der Waals surface area contributed by atoms with Gasteiger partial charge < -0.3 is 15.2 Å². The molecule has 0 bridgehead atoms. The number of carbonyl (C=O) groups excluding carboxylic acids is 1. The van der Waals surface area contributed by atoms with Crippen molar-refractivity contribution in [2.75, 3.05) is 0 Å². The number of primary amides is 1. The molecule has 0 aromatic rings. The van der Waals surface area contributed by atoms with Crippen LogP contribution < -0.4 is 5.73 Å². The fraction of sp³-hybridized carbons (Fsp3) is 0.222. The van der Waals surface area contributed by atoms with Gasteiger partial charge in [0, 0.05) is 5.57 Å². The molecule has 4 nitrogen and oxygen atoms in total. The monoisotopic (exact) mass is 179 g/mol. The van der Waals surface area contributed by atoms with Crippen LogP contribution in [-0.2, 0) is 14.3 Å². The fourth-order valence-corrected chi connectivity index (χ4v) is 1.28. The summed E-state index contributed by atoms with van der Waals surface area (Å²) in [5.74, 6) is -0.451. The minimum absolute atomic E-state index is 0.145. The maximum atomic E-state index is 10.8. The first-order chi connectivity index (χ1) is 6.27. The van der Waals surface area contributed by atoms with Gasteiger partial charge in [-0.05, 0) is 18.2 Å². The van der Waals surface area contributed by atoms with E-state index in [0.29, 0.717) is 5.57 Å². The molecule has 2 unspecified atom stereocenters. The Balaban J connectivity index is 2.21. The largest absolute Gasteiger partial charge is 0.487 e. The molecule has 4 heteroatoms. The summed E-state index contributed by atoms with van der Waals surface area (Å²) in [4.78, 5) is 10.8. The van der Waals surface area contributed by atoms with Gasteiger partial charge in [0.05, 0.1) is 0 Å². The number of hydrogen-bond acceptors (Lipinski definition) is 3. The van der Waals surface area contributed by atoms with E-state index >= 15 is 0 Å². The highest BCUT2D eigenvalue weighted by Crippen LogP contribution is 2.20. The fourth-order valence-electron chi connectivity index (χ4n) is 1.28. The van der Waals surface area contributed by atoms with Gasteiger partial charge in [0.1, 0.15) is 12.5 Å². The summed E-state index contributed by atoms with van der Waals surface area (Å²) in [5.41, 5.74) is 5.57. The van der Waals surface area contributed by atoms with E-state index in [-0.39, 0.29) is 12.2 Å². The van der Waals surface area contributed by atoms with Crippen LogP contribution >= 0.6 is 0 Å². The molecule has 1 heterocycles. The lowest BCUT2D eigenvalue weighted by Crippen LogP contribution is -2.32. The predicted octanol–water partition coefficient (Wildman–Crippen LogP) is 0.223. The van der Waals surface area contributed by atoms with Gasteiger partial charge in [-0.15, -0.1) is 0 Å². The molecular formula is C9H9NO3. The minimum Gasteiger partial charge on any atom is -0.487 e. The number of fused-ring (bicyclic) bond motifs is 1. The van der Waals surface area contributed by atoms with Crippen molar-refractivity contribution in [1.29, 1.82) is 0 Å². The molecule has 1 aliphatic heterocycles. The van der Waals surface area contributed by atoms with Crippen molar-refractivity contribution in [1.82, 2.24) is 0 Å². The van der Waals surface area contributed by atoms with Gasteiger partial charge in [0.2, 0.25) is 5.91 Å². The van der Waals surface area contributed by atoms with E-state index in [4.69, 9.17) is 15.2 Å². The van der Waals surface area contributed by atoms with Crippen LogP contribution in [-0.4, -0.2) is 18.1 Å². The quantitative estimate of drug-likeness (QED) is 0.626. The smallest absolute Gasteiger partial charge is 0.248 e. The molecule has 13 heavy (non-hydrogen) atoms. The number of amides is 1. The van der Waals surface area contributed by atoms with Crippen LogP contribution in [0.5, 0.6) is 0 Å². The number of nitrogens with two attached hydrogens (primary N) is 1. The Kier molecular flexibility index (Phi) is 1.81. The maximum Gasteiger partial charge on any atom is 0.248 e. The van der Waals surface area contributed by atoms with Crippen LogP contribution in [0.1, 0.15) is 0 Å². The summed E-state index contributed by atoms with van der Waals surface area (Å²) in [6, 6.07) is 0. The molecular weight excluding hydrogens is 170 g/mol. The minimum atomic E-state index is -0.451. The molecule has 2 aliphatic rings. The molecule has 0 aromatic heterocycles. The molecule has 0 saturated carbocycles. The Bertz CT molecular complexity index is 317. The zero-order chi connectivity index (χ0) is 9.26. The summed E-state index contributed by atoms with van der Waals surface area (Å²) in [6.07, 6.45) is 7.62. The molecule has 0 radical (unpaired) electrons. The van der Waals surface area contributed by atoms with E-state index in [2.05, 4.69) is 0 Å². The second kappa shape index (κ2) is 2.97. The molecule has 1 amide bonds. The zero-order valence-corrected chi connectivity index (χ0v) is 6.84. The van der Waals surface area contributed by atoms with Gasteiger partial charge >= 0.3 is 0 Å². The topological polar surface area (TPSA) is 61.6 Å². The summed E-state index contributed by atoms with van der Waals surface area (Å²) in [5, 5.41) is 0. The molecule has 0 spiro atoms. The third-order valence-corrected chi connectivity index (χ3v) is 1.94. The Morgan fingerprint density at radius 1 is 1.31 bits per heavy atom. The summed E-state index contributed by atoms with van der Waals surface area (Å²) >= 11 is 0. The van der Waals surface area contributed by atoms with Crippen molar-refractivity contribution in [3.8, 4) is 0 Å². The van der Waals surface area contributed by atoms with E-state index in [0.717, 1.165) is 0 Å². The number of hydrogen-bond donors (Lipinski definition) is 1. The van der Waals surface area contributed by atoms with Crippen LogP contribution in [0.3, 0.4) is 0 Å². The van der Waals surface area contributed by atoms with E-state index in [1.165, 1.54) is 12.5 Å². The van der Waals surface area contributed by atoms with Gasteiger partial charge in [0.15, 0.2) is 12.2 Å². The second-order valence-electron chi connectivity index (χ2n) is 2.82. The third-order valence-electron chi connectivity index (χ3n) is 1.94. The maximum absolute atomic E-state index is 10.8. The lowest BCUT2D eigenvalue weighted by molar-refractivity contribution is -0.114. The van der Waals surface area contributed by atoms with Crippen molar-refractivity contribution < 1.29 is 14.3 Å². The van der Waals surface area contributed by atoms with Crippen molar-refractivity contribution in [2.45, 2.75) is 12.2 Å². The normalized spacial score (nSPS) is 29.7. The molecule has 2 rings (SSSR count). The first-order valence-corrected chi connectivity index (χ1v) is 3.93. The van der Waals surface area contributed by atoms with Crippen LogP contribution in [0.4, 0.5) is 0 Å². The average Bonchev–Trinajstić information content (AvgIpc) is 2.17.